The van der Waals surface area contributed by atoms with Gasteiger partial charge in [0.05, 0.1) is 22.9 Å². The number of H-pyrrole nitrogens is 1. The van der Waals surface area contributed by atoms with Crippen LogP contribution in [0.2, 0.25) is 0 Å². The smallest absolute Gasteiger partial charge is 0.256 e. The molecule has 1 saturated heterocycles. The molecule has 180 valence electrons. The highest BCUT2D eigenvalue weighted by Gasteiger charge is 2.21. The Hall–Kier alpha value is -4.21. The number of piperidine rings is 1. The van der Waals surface area contributed by atoms with Crippen LogP contribution in [0.5, 0.6) is 5.75 Å². The van der Waals surface area contributed by atoms with Crippen LogP contribution >= 0.6 is 0 Å². The van der Waals surface area contributed by atoms with Crippen molar-refractivity contribution in [3.63, 3.8) is 0 Å². The predicted molar refractivity (Wildman–Crippen MR) is 142 cm³/mol. The molecule has 36 heavy (non-hydrogen) atoms. The summed E-state index contributed by atoms with van der Waals surface area (Å²) >= 11 is 0. The molecule has 0 saturated carbocycles. The molecule has 6 nitrogen and oxygen atoms in total. The number of hydrogen-bond donors (Lipinski definition) is 1. The SMILES string of the molecule is N#Cc1ccccc1-c1c(-c2cccc(OCCN3CCCCC3)c2)c(-c2ccccn2)c[nH]c1=O. The summed E-state index contributed by atoms with van der Waals surface area (Å²) in [5.74, 6) is 0.747. The third-order valence-electron chi connectivity index (χ3n) is 6.60. The number of likely N-dealkylation sites (tertiary alicyclic amines) is 1. The lowest BCUT2D eigenvalue weighted by Crippen LogP contribution is -2.33. The topological polar surface area (TPSA) is 82.0 Å². The van der Waals surface area contributed by atoms with Crippen LogP contribution in [0.15, 0.2) is 83.9 Å². The molecule has 1 N–H and O–H groups in total. The average Bonchev–Trinajstić information content (AvgIpc) is 2.94. The minimum Gasteiger partial charge on any atom is -0.492 e. The molecule has 0 unspecified atom stereocenters. The maximum atomic E-state index is 13.3. The first-order chi connectivity index (χ1) is 17.7. The summed E-state index contributed by atoms with van der Waals surface area (Å²) in [6.45, 7) is 3.77. The van der Waals surface area contributed by atoms with E-state index < -0.39 is 0 Å². The summed E-state index contributed by atoms with van der Waals surface area (Å²) in [4.78, 5) is 23.1. The Kier molecular flexibility index (Phi) is 7.20. The number of ether oxygens (including phenoxy) is 1. The summed E-state index contributed by atoms with van der Waals surface area (Å²) in [6, 6.07) is 22.9. The number of benzene rings is 2. The zero-order valence-electron chi connectivity index (χ0n) is 20.1. The van der Waals surface area contributed by atoms with Gasteiger partial charge in [0.1, 0.15) is 12.4 Å². The summed E-state index contributed by atoms with van der Waals surface area (Å²) in [7, 11) is 0. The fraction of sp³-hybridized carbons (Fsp3) is 0.233. The standard InChI is InChI=1S/C30H28N4O2/c31-20-23-9-2-3-12-25(23)29-28(26(21-33-30(29)35)27-13-4-5-14-32-27)22-10-8-11-24(19-22)36-18-17-34-15-6-1-7-16-34/h2-5,8-14,19,21H,1,6-7,15-18H2,(H,33,35). The van der Waals surface area contributed by atoms with Crippen molar-refractivity contribution in [1.82, 2.24) is 14.9 Å². The Morgan fingerprint density at radius 3 is 2.58 bits per heavy atom. The van der Waals surface area contributed by atoms with Crippen molar-refractivity contribution in [1.29, 1.82) is 5.26 Å². The van der Waals surface area contributed by atoms with Crippen LogP contribution < -0.4 is 10.3 Å². The first-order valence-electron chi connectivity index (χ1n) is 12.4. The highest BCUT2D eigenvalue weighted by molar-refractivity contribution is 5.94. The molecule has 0 amide bonds. The number of aromatic nitrogens is 2. The zero-order chi connectivity index (χ0) is 24.7. The largest absolute Gasteiger partial charge is 0.492 e. The van der Waals surface area contributed by atoms with Crippen molar-refractivity contribution < 1.29 is 4.74 Å². The van der Waals surface area contributed by atoms with Gasteiger partial charge in [0, 0.05) is 35.6 Å². The number of pyridine rings is 2. The fourth-order valence-electron chi connectivity index (χ4n) is 4.83. The average molecular weight is 477 g/mol. The number of aromatic amines is 1. The Bertz CT molecular complexity index is 1430. The van der Waals surface area contributed by atoms with Crippen molar-refractivity contribution in [3.8, 4) is 45.3 Å². The molecule has 1 aliphatic heterocycles. The lowest BCUT2D eigenvalue weighted by molar-refractivity contribution is 0.183. The van der Waals surface area contributed by atoms with E-state index in [0.717, 1.165) is 47.8 Å². The molecule has 0 aliphatic carbocycles. The van der Waals surface area contributed by atoms with Crippen molar-refractivity contribution in [2.75, 3.05) is 26.2 Å². The molecule has 5 rings (SSSR count). The molecule has 0 radical (unpaired) electrons. The molecule has 1 aliphatic rings. The fourth-order valence-corrected chi connectivity index (χ4v) is 4.83. The summed E-state index contributed by atoms with van der Waals surface area (Å²) in [5.41, 5.74) is 4.28. The first kappa shape index (κ1) is 23.5. The second-order valence-corrected chi connectivity index (χ2v) is 8.93. The molecule has 2 aromatic carbocycles. The minimum atomic E-state index is -0.260. The number of nitrogens with zero attached hydrogens (tertiary/aromatic N) is 3. The van der Waals surface area contributed by atoms with Gasteiger partial charge in [-0.1, -0.05) is 42.8 Å². The molecular formula is C30H28N4O2. The lowest BCUT2D eigenvalue weighted by Gasteiger charge is -2.26. The second kappa shape index (κ2) is 11.0. The molecule has 0 bridgehead atoms. The van der Waals surface area contributed by atoms with E-state index in [9.17, 15) is 10.1 Å². The van der Waals surface area contributed by atoms with Gasteiger partial charge in [-0.25, -0.2) is 0 Å². The number of rotatable bonds is 7. The Morgan fingerprint density at radius 1 is 0.944 bits per heavy atom. The monoisotopic (exact) mass is 476 g/mol. The lowest BCUT2D eigenvalue weighted by atomic mass is 9.89. The maximum Gasteiger partial charge on any atom is 0.256 e. The minimum absolute atomic E-state index is 0.260. The number of nitrogens with one attached hydrogen (secondary N) is 1. The van der Waals surface area contributed by atoms with Gasteiger partial charge in [-0.2, -0.15) is 5.26 Å². The third-order valence-corrected chi connectivity index (χ3v) is 6.60. The van der Waals surface area contributed by atoms with Gasteiger partial charge in [-0.15, -0.1) is 0 Å². The Balaban J connectivity index is 1.59. The van der Waals surface area contributed by atoms with Crippen LogP contribution in [-0.4, -0.2) is 41.1 Å². The van der Waals surface area contributed by atoms with E-state index in [1.165, 1.54) is 19.3 Å². The van der Waals surface area contributed by atoms with E-state index >= 15 is 0 Å². The molecule has 3 heterocycles. The van der Waals surface area contributed by atoms with Crippen LogP contribution in [0, 0.1) is 11.3 Å². The van der Waals surface area contributed by atoms with E-state index in [0.29, 0.717) is 23.3 Å². The normalized spacial score (nSPS) is 13.8. The van der Waals surface area contributed by atoms with Gasteiger partial charge < -0.3 is 9.72 Å². The third kappa shape index (κ3) is 5.07. The van der Waals surface area contributed by atoms with Gasteiger partial charge in [-0.05, 0) is 61.8 Å². The molecule has 2 aromatic heterocycles. The molecule has 4 aromatic rings. The van der Waals surface area contributed by atoms with Gasteiger partial charge in [0.15, 0.2) is 0 Å². The van der Waals surface area contributed by atoms with Crippen molar-refractivity contribution in [2.45, 2.75) is 19.3 Å². The summed E-state index contributed by atoms with van der Waals surface area (Å²) in [5, 5.41) is 9.77. The number of hydrogen-bond acceptors (Lipinski definition) is 5. The quantitative estimate of drug-likeness (QED) is 0.380. The van der Waals surface area contributed by atoms with Crippen LogP contribution in [0.1, 0.15) is 24.8 Å². The van der Waals surface area contributed by atoms with E-state index in [-0.39, 0.29) is 5.56 Å². The summed E-state index contributed by atoms with van der Waals surface area (Å²) in [6.07, 6.45) is 7.24. The molecule has 0 spiro atoms. The highest BCUT2D eigenvalue weighted by atomic mass is 16.5. The molecule has 6 heteroatoms. The van der Waals surface area contributed by atoms with Gasteiger partial charge in [-0.3, -0.25) is 14.7 Å². The second-order valence-electron chi connectivity index (χ2n) is 8.93. The van der Waals surface area contributed by atoms with E-state index in [1.54, 1.807) is 24.5 Å². The van der Waals surface area contributed by atoms with E-state index in [4.69, 9.17) is 4.74 Å². The van der Waals surface area contributed by atoms with Gasteiger partial charge >= 0.3 is 0 Å². The Morgan fingerprint density at radius 2 is 1.78 bits per heavy atom. The predicted octanol–water partition coefficient (Wildman–Crippen LogP) is 5.51. The van der Waals surface area contributed by atoms with Crippen LogP contribution in [0.4, 0.5) is 0 Å². The zero-order valence-corrected chi connectivity index (χ0v) is 20.1. The van der Waals surface area contributed by atoms with Crippen LogP contribution in [0.3, 0.4) is 0 Å². The maximum absolute atomic E-state index is 13.3. The van der Waals surface area contributed by atoms with Crippen LogP contribution in [-0.2, 0) is 0 Å². The van der Waals surface area contributed by atoms with E-state index in [1.807, 2.05) is 54.6 Å². The van der Waals surface area contributed by atoms with Crippen LogP contribution in [0.25, 0.3) is 33.5 Å². The van der Waals surface area contributed by atoms with Crippen molar-refractivity contribution in [2.24, 2.45) is 0 Å². The first-order valence-corrected chi connectivity index (χ1v) is 12.4. The Labute approximate surface area is 210 Å². The van der Waals surface area contributed by atoms with Gasteiger partial charge in [0.2, 0.25) is 0 Å². The molecule has 1 fully saturated rings. The van der Waals surface area contributed by atoms with Gasteiger partial charge in [0.25, 0.3) is 5.56 Å². The number of nitriles is 1. The molecular weight excluding hydrogens is 448 g/mol. The van der Waals surface area contributed by atoms with E-state index in [2.05, 4.69) is 20.9 Å². The molecule has 0 atom stereocenters. The summed E-state index contributed by atoms with van der Waals surface area (Å²) < 4.78 is 6.14. The highest BCUT2D eigenvalue weighted by Crippen LogP contribution is 2.39. The van der Waals surface area contributed by atoms with Crippen molar-refractivity contribution >= 4 is 0 Å². The van der Waals surface area contributed by atoms with Crippen molar-refractivity contribution in [3.05, 3.63) is 95.0 Å².